The van der Waals surface area contributed by atoms with Gasteiger partial charge in [0.2, 0.25) is 10.0 Å². The highest BCUT2D eigenvalue weighted by Crippen LogP contribution is 2.24. The van der Waals surface area contributed by atoms with Crippen LogP contribution in [0.1, 0.15) is 27.4 Å². The number of aryl methyl sites for hydroxylation is 1. The van der Waals surface area contributed by atoms with Gasteiger partial charge in [-0.25, -0.2) is 13.6 Å². The fourth-order valence-corrected chi connectivity index (χ4v) is 4.29. The molecule has 0 aliphatic rings. The van der Waals surface area contributed by atoms with Gasteiger partial charge in [-0.1, -0.05) is 12.1 Å². The van der Waals surface area contributed by atoms with Gasteiger partial charge in [-0.2, -0.15) is 10.4 Å². The molecule has 0 amide bonds. The molecule has 8 nitrogen and oxygen atoms in total. The van der Waals surface area contributed by atoms with Gasteiger partial charge in [0.1, 0.15) is 12.6 Å². The topological polar surface area (TPSA) is 124 Å². The van der Waals surface area contributed by atoms with E-state index in [0.717, 1.165) is 22.6 Å². The van der Waals surface area contributed by atoms with Gasteiger partial charge in [-0.15, -0.1) is 0 Å². The quantitative estimate of drug-likeness (QED) is 0.485. The van der Waals surface area contributed by atoms with Crippen LogP contribution in [0.2, 0.25) is 0 Å². The van der Waals surface area contributed by atoms with Gasteiger partial charge >= 0.3 is 0 Å². The lowest BCUT2D eigenvalue weighted by Gasteiger charge is -2.10. The molecule has 156 valence electrons. The Morgan fingerprint density at radius 1 is 1.13 bits per heavy atom. The number of carbonyl (C=O) groups is 1. The third-order valence-electron chi connectivity index (χ3n) is 5.21. The molecule has 4 aromatic rings. The van der Waals surface area contributed by atoms with Crippen molar-refractivity contribution in [3.8, 4) is 11.8 Å². The van der Waals surface area contributed by atoms with Crippen LogP contribution in [0.5, 0.6) is 0 Å². The summed E-state index contributed by atoms with van der Waals surface area (Å²) < 4.78 is 26.4. The predicted octanol–water partition coefficient (Wildman–Crippen LogP) is 2.85. The SMILES string of the molecule is Cc1cc(C(=O)Cn2nc(C#N)c3ccccc32)c(C)n1-c1ccc(S(N)(=O)=O)cc1. The lowest BCUT2D eigenvalue weighted by molar-refractivity contribution is 0.0968. The Labute approximate surface area is 179 Å². The molecule has 0 aliphatic heterocycles. The fraction of sp³-hybridized carbons (Fsp3) is 0.136. The maximum Gasteiger partial charge on any atom is 0.238 e. The van der Waals surface area contributed by atoms with Gasteiger partial charge in [0.15, 0.2) is 11.5 Å². The lowest BCUT2D eigenvalue weighted by Crippen LogP contribution is -2.13. The smallest absolute Gasteiger partial charge is 0.238 e. The highest BCUT2D eigenvalue weighted by Gasteiger charge is 2.19. The average Bonchev–Trinajstić information content (AvgIpc) is 3.24. The van der Waals surface area contributed by atoms with Crippen molar-refractivity contribution in [2.45, 2.75) is 25.3 Å². The molecule has 2 heterocycles. The molecule has 0 unspecified atom stereocenters. The Morgan fingerprint density at radius 2 is 1.81 bits per heavy atom. The number of aromatic nitrogens is 3. The highest BCUT2D eigenvalue weighted by molar-refractivity contribution is 7.89. The van der Waals surface area contributed by atoms with E-state index in [2.05, 4.69) is 11.2 Å². The highest BCUT2D eigenvalue weighted by atomic mass is 32.2. The maximum absolute atomic E-state index is 13.1. The van der Waals surface area contributed by atoms with Crippen LogP contribution in [0.4, 0.5) is 0 Å². The van der Waals surface area contributed by atoms with Crippen LogP contribution in [0, 0.1) is 25.2 Å². The van der Waals surface area contributed by atoms with E-state index in [4.69, 9.17) is 5.14 Å². The molecule has 9 heteroatoms. The van der Waals surface area contributed by atoms with Crippen LogP contribution in [0.3, 0.4) is 0 Å². The number of nitriles is 1. The molecule has 2 aromatic carbocycles. The standard InChI is InChI=1S/C22H19N5O3S/c1-14-11-19(15(2)27(14)16-7-9-17(10-8-16)31(24,29)30)22(28)13-26-21-6-4-3-5-18(21)20(12-23)25-26/h3-11H,13H2,1-2H3,(H2,24,29,30). The summed E-state index contributed by atoms with van der Waals surface area (Å²) >= 11 is 0. The number of sulfonamides is 1. The number of para-hydroxylation sites is 1. The number of primary sulfonamides is 1. The van der Waals surface area contributed by atoms with Crippen molar-refractivity contribution in [1.29, 1.82) is 5.26 Å². The van der Waals surface area contributed by atoms with Crippen LogP contribution < -0.4 is 5.14 Å². The lowest BCUT2D eigenvalue weighted by atomic mass is 10.1. The summed E-state index contributed by atoms with van der Waals surface area (Å²) in [5, 5.41) is 19.5. The summed E-state index contributed by atoms with van der Waals surface area (Å²) in [5.74, 6) is -0.141. The van der Waals surface area contributed by atoms with Crippen LogP contribution in [-0.4, -0.2) is 28.5 Å². The van der Waals surface area contributed by atoms with E-state index in [-0.39, 0.29) is 22.9 Å². The molecule has 0 bridgehead atoms. The molecular weight excluding hydrogens is 414 g/mol. The third-order valence-corrected chi connectivity index (χ3v) is 6.14. The van der Waals surface area contributed by atoms with Crippen molar-refractivity contribution < 1.29 is 13.2 Å². The number of ketones is 1. The summed E-state index contributed by atoms with van der Waals surface area (Å²) in [5.41, 5.74) is 3.81. The van der Waals surface area contributed by atoms with Crippen LogP contribution in [0.25, 0.3) is 16.6 Å². The van der Waals surface area contributed by atoms with E-state index < -0.39 is 10.0 Å². The molecule has 0 radical (unpaired) electrons. The Balaban J connectivity index is 1.69. The number of hydrogen-bond acceptors (Lipinski definition) is 5. The van der Waals surface area contributed by atoms with Crippen LogP contribution in [-0.2, 0) is 16.6 Å². The number of Topliss-reactive ketones (excluding diaryl/α,β-unsaturated/α-hetero) is 1. The summed E-state index contributed by atoms with van der Waals surface area (Å²) in [6, 6.07) is 17.3. The molecule has 31 heavy (non-hydrogen) atoms. The normalized spacial score (nSPS) is 11.5. The molecule has 0 aliphatic carbocycles. The largest absolute Gasteiger partial charge is 0.318 e. The molecule has 0 spiro atoms. The van der Waals surface area contributed by atoms with E-state index in [1.54, 1.807) is 28.9 Å². The predicted molar refractivity (Wildman–Crippen MR) is 115 cm³/mol. The Morgan fingerprint density at radius 3 is 2.45 bits per heavy atom. The molecule has 0 saturated carbocycles. The van der Waals surface area contributed by atoms with Gasteiger partial charge in [0.05, 0.1) is 10.4 Å². The molecule has 0 fully saturated rings. The van der Waals surface area contributed by atoms with E-state index in [0.29, 0.717) is 10.9 Å². The van der Waals surface area contributed by atoms with Crippen LogP contribution in [0.15, 0.2) is 59.5 Å². The van der Waals surface area contributed by atoms with Crippen molar-refractivity contribution >= 4 is 26.7 Å². The van der Waals surface area contributed by atoms with Gasteiger partial charge < -0.3 is 4.57 Å². The van der Waals surface area contributed by atoms with E-state index in [9.17, 15) is 18.5 Å². The van der Waals surface area contributed by atoms with E-state index in [1.165, 1.54) is 12.1 Å². The molecule has 2 N–H and O–H groups in total. The number of benzene rings is 2. The van der Waals surface area contributed by atoms with Crippen molar-refractivity contribution in [3.05, 3.63) is 77.2 Å². The zero-order chi connectivity index (χ0) is 22.3. The molecule has 4 rings (SSSR count). The molecular formula is C22H19N5O3S. The minimum Gasteiger partial charge on any atom is -0.318 e. The number of nitrogens with zero attached hydrogens (tertiary/aromatic N) is 4. The number of hydrogen-bond donors (Lipinski definition) is 1. The second-order valence-electron chi connectivity index (χ2n) is 7.22. The average molecular weight is 433 g/mol. The van der Waals surface area contributed by atoms with Gasteiger partial charge in [0.25, 0.3) is 0 Å². The van der Waals surface area contributed by atoms with E-state index in [1.807, 2.05) is 36.6 Å². The second-order valence-corrected chi connectivity index (χ2v) is 8.78. The van der Waals surface area contributed by atoms with Gasteiger partial charge in [0, 0.05) is 28.0 Å². The molecule has 0 atom stereocenters. The Bertz CT molecular complexity index is 1470. The summed E-state index contributed by atoms with van der Waals surface area (Å²) in [7, 11) is -3.78. The summed E-state index contributed by atoms with van der Waals surface area (Å²) in [6.45, 7) is 3.70. The maximum atomic E-state index is 13.1. The minimum absolute atomic E-state index is 0.00313. The number of rotatable bonds is 5. The van der Waals surface area contributed by atoms with Gasteiger partial charge in [-0.05, 0) is 56.3 Å². The third kappa shape index (κ3) is 3.63. The van der Waals surface area contributed by atoms with Crippen molar-refractivity contribution in [1.82, 2.24) is 14.3 Å². The van der Waals surface area contributed by atoms with Crippen molar-refractivity contribution in [2.75, 3.05) is 0 Å². The van der Waals surface area contributed by atoms with Crippen molar-refractivity contribution in [3.63, 3.8) is 0 Å². The Hall–Kier alpha value is -3.74. The fourth-order valence-electron chi connectivity index (χ4n) is 3.78. The van der Waals surface area contributed by atoms with Crippen molar-refractivity contribution in [2.24, 2.45) is 5.14 Å². The second kappa shape index (κ2) is 7.50. The number of nitrogens with two attached hydrogens (primary N) is 1. The monoisotopic (exact) mass is 433 g/mol. The zero-order valence-electron chi connectivity index (χ0n) is 16.9. The number of fused-ring (bicyclic) bond motifs is 1. The first-order chi connectivity index (χ1) is 14.7. The van der Waals surface area contributed by atoms with E-state index >= 15 is 0 Å². The molecule has 0 saturated heterocycles. The van der Waals surface area contributed by atoms with Crippen LogP contribution >= 0.6 is 0 Å². The first-order valence-electron chi connectivity index (χ1n) is 9.41. The minimum atomic E-state index is -3.78. The first-order valence-corrected chi connectivity index (χ1v) is 11.0. The summed E-state index contributed by atoms with van der Waals surface area (Å²) in [6.07, 6.45) is 0. The molecule has 2 aromatic heterocycles. The number of carbonyl (C=O) groups excluding carboxylic acids is 1. The zero-order valence-corrected chi connectivity index (χ0v) is 17.7. The summed E-state index contributed by atoms with van der Waals surface area (Å²) in [4.78, 5) is 13.1. The van der Waals surface area contributed by atoms with Gasteiger partial charge in [-0.3, -0.25) is 9.48 Å². The first kappa shape index (κ1) is 20.5. The Kier molecular flexibility index (Phi) is 4.97.